The van der Waals surface area contributed by atoms with Crippen LogP contribution >= 0.6 is 11.8 Å². The van der Waals surface area contributed by atoms with E-state index in [2.05, 4.69) is 30.5 Å². The van der Waals surface area contributed by atoms with Gasteiger partial charge < -0.3 is 9.47 Å². The van der Waals surface area contributed by atoms with E-state index in [9.17, 15) is 9.18 Å². The zero-order chi connectivity index (χ0) is 20.7. The first kappa shape index (κ1) is 19.6. The van der Waals surface area contributed by atoms with E-state index in [-0.39, 0.29) is 11.4 Å². The number of likely N-dealkylation sites (tertiary alicyclic amines) is 1. The van der Waals surface area contributed by atoms with Gasteiger partial charge in [0, 0.05) is 46.2 Å². The van der Waals surface area contributed by atoms with Crippen molar-refractivity contribution in [3.8, 4) is 11.1 Å². The highest BCUT2D eigenvalue weighted by Gasteiger charge is 2.38. The predicted molar refractivity (Wildman–Crippen MR) is 120 cm³/mol. The maximum atomic E-state index is 13.3. The summed E-state index contributed by atoms with van der Waals surface area (Å²) in [4.78, 5) is 15.5. The number of nitrogens with one attached hydrogen (secondary N) is 1. The number of thioether (sulfide) groups is 1. The molecule has 2 bridgehead atoms. The van der Waals surface area contributed by atoms with Crippen molar-refractivity contribution in [2.75, 3.05) is 19.3 Å². The predicted octanol–water partition coefficient (Wildman–Crippen LogP) is 3.58. The van der Waals surface area contributed by atoms with Crippen molar-refractivity contribution in [2.24, 2.45) is 5.92 Å². The van der Waals surface area contributed by atoms with E-state index in [0.717, 1.165) is 32.6 Å². The van der Waals surface area contributed by atoms with E-state index in [1.54, 1.807) is 30.0 Å². The third-order valence-corrected chi connectivity index (χ3v) is 7.30. The molecule has 3 nitrogen and oxygen atoms in total. The summed E-state index contributed by atoms with van der Waals surface area (Å²) in [6.07, 6.45) is 3.23. The number of quaternary nitrogens is 1. The molecule has 1 fully saturated rings. The number of rotatable bonds is 4. The molecule has 3 aromatic rings. The molecule has 30 heavy (non-hydrogen) atoms. The summed E-state index contributed by atoms with van der Waals surface area (Å²) in [6.45, 7) is 3.77. The number of piperidine rings is 1. The fraction of sp³-hybridized carbons (Fsp3) is 0.320. The van der Waals surface area contributed by atoms with Crippen molar-refractivity contribution in [1.82, 2.24) is 4.57 Å². The molecule has 2 aliphatic rings. The summed E-state index contributed by atoms with van der Waals surface area (Å²) in [6, 6.07) is 19.3. The summed E-state index contributed by atoms with van der Waals surface area (Å²) in [5, 5.41) is 0. The van der Waals surface area contributed by atoms with Crippen LogP contribution in [-0.2, 0) is 13.1 Å². The number of hydrogen-bond donors (Lipinski definition) is 1. The molecule has 5 rings (SSSR count). The van der Waals surface area contributed by atoms with Gasteiger partial charge in [0.05, 0.1) is 13.1 Å². The van der Waals surface area contributed by atoms with Gasteiger partial charge in [-0.3, -0.25) is 4.79 Å². The SMILES string of the molecule is CSc1ccc(-c2ccc(=O)n3c2[C@@H]2C[C@H](C3)C[NH+](Cc3ccc(F)cc3)C2)cc1. The van der Waals surface area contributed by atoms with Crippen molar-refractivity contribution in [3.05, 3.63) is 88.1 Å². The van der Waals surface area contributed by atoms with E-state index in [4.69, 9.17) is 0 Å². The first-order valence-electron chi connectivity index (χ1n) is 10.6. The molecule has 0 aliphatic carbocycles. The van der Waals surface area contributed by atoms with Crippen LogP contribution in [0.3, 0.4) is 0 Å². The number of aromatic nitrogens is 1. The van der Waals surface area contributed by atoms with Crippen molar-refractivity contribution in [1.29, 1.82) is 0 Å². The molecule has 2 aliphatic heterocycles. The van der Waals surface area contributed by atoms with Gasteiger partial charge in [-0.25, -0.2) is 4.39 Å². The molecule has 0 saturated carbocycles. The number of nitrogens with zero attached hydrogens (tertiary/aromatic N) is 1. The van der Waals surface area contributed by atoms with Crippen LogP contribution in [-0.4, -0.2) is 23.9 Å². The number of hydrogen-bond acceptors (Lipinski definition) is 2. The van der Waals surface area contributed by atoms with Gasteiger partial charge >= 0.3 is 0 Å². The van der Waals surface area contributed by atoms with Crippen LogP contribution in [0.25, 0.3) is 11.1 Å². The minimum atomic E-state index is -0.185. The second-order valence-electron chi connectivity index (χ2n) is 8.57. The van der Waals surface area contributed by atoms with E-state index in [1.165, 1.54) is 32.2 Å². The average molecular weight is 422 g/mol. The monoisotopic (exact) mass is 421 g/mol. The van der Waals surface area contributed by atoms with Gasteiger partial charge in [0.15, 0.2) is 0 Å². The van der Waals surface area contributed by atoms with Crippen molar-refractivity contribution in [2.45, 2.75) is 30.3 Å². The number of pyridine rings is 1. The molecular formula is C25H26FN2OS+. The van der Waals surface area contributed by atoms with Crippen LogP contribution in [0.15, 0.2) is 70.4 Å². The van der Waals surface area contributed by atoms with Crippen LogP contribution in [0.1, 0.15) is 23.6 Å². The lowest BCUT2D eigenvalue weighted by Crippen LogP contribution is -3.13. The Balaban J connectivity index is 1.48. The first-order valence-corrected chi connectivity index (χ1v) is 11.8. The average Bonchev–Trinajstić information content (AvgIpc) is 2.76. The van der Waals surface area contributed by atoms with E-state index in [1.807, 2.05) is 22.8 Å². The van der Waals surface area contributed by atoms with Crippen molar-refractivity contribution in [3.63, 3.8) is 0 Å². The first-order chi connectivity index (χ1) is 14.6. The quantitative estimate of drug-likeness (QED) is 0.652. The van der Waals surface area contributed by atoms with Gasteiger partial charge in [-0.05, 0) is 48.6 Å². The molecule has 3 heterocycles. The molecule has 5 heteroatoms. The molecule has 0 spiro atoms. The highest BCUT2D eigenvalue weighted by Crippen LogP contribution is 2.37. The fourth-order valence-corrected chi connectivity index (χ4v) is 5.70. The second kappa shape index (κ2) is 8.05. The van der Waals surface area contributed by atoms with Crippen molar-refractivity contribution < 1.29 is 9.29 Å². The zero-order valence-corrected chi connectivity index (χ0v) is 17.9. The standard InChI is InChI=1S/C25H25FN2OS/c1-30-22-8-4-19(5-9-22)23-10-11-24(29)28-15-18-12-20(25(23)28)16-27(14-18)13-17-2-6-21(26)7-3-17/h2-11,18,20H,12-16H2,1H3/p+1/t18-,20+/m0/s1. The lowest BCUT2D eigenvalue weighted by atomic mass is 9.80. The van der Waals surface area contributed by atoms with Gasteiger partial charge in [0.25, 0.3) is 5.56 Å². The smallest absolute Gasteiger partial charge is 0.250 e. The molecule has 1 N–H and O–H groups in total. The van der Waals surface area contributed by atoms with Gasteiger partial charge in [-0.2, -0.15) is 0 Å². The maximum Gasteiger partial charge on any atom is 0.250 e. The van der Waals surface area contributed by atoms with Gasteiger partial charge in [0.1, 0.15) is 12.4 Å². The molecule has 0 radical (unpaired) electrons. The third kappa shape index (κ3) is 3.72. The highest BCUT2D eigenvalue weighted by molar-refractivity contribution is 7.98. The molecule has 2 aromatic carbocycles. The topological polar surface area (TPSA) is 26.4 Å². The Hall–Kier alpha value is -2.37. The Morgan fingerprint density at radius 1 is 1.03 bits per heavy atom. The lowest BCUT2D eigenvalue weighted by molar-refractivity contribution is -0.924. The Labute approximate surface area is 180 Å². The fourth-order valence-electron chi connectivity index (χ4n) is 5.29. The van der Waals surface area contributed by atoms with Gasteiger partial charge in [-0.1, -0.05) is 24.3 Å². The van der Waals surface area contributed by atoms with Gasteiger partial charge in [0.2, 0.25) is 0 Å². The van der Waals surface area contributed by atoms with Crippen LogP contribution < -0.4 is 10.5 Å². The minimum Gasteiger partial charge on any atom is -0.330 e. The lowest BCUT2D eigenvalue weighted by Gasteiger charge is -2.41. The Morgan fingerprint density at radius 3 is 2.53 bits per heavy atom. The zero-order valence-electron chi connectivity index (χ0n) is 17.1. The van der Waals surface area contributed by atoms with Crippen molar-refractivity contribution >= 4 is 11.8 Å². The Morgan fingerprint density at radius 2 is 1.80 bits per heavy atom. The highest BCUT2D eigenvalue weighted by atomic mass is 32.2. The van der Waals surface area contributed by atoms with Crippen LogP contribution in [0, 0.1) is 11.7 Å². The summed E-state index contributed by atoms with van der Waals surface area (Å²) < 4.78 is 15.3. The largest absolute Gasteiger partial charge is 0.330 e. The Bertz CT molecular complexity index is 1110. The third-order valence-electron chi connectivity index (χ3n) is 6.55. The van der Waals surface area contributed by atoms with E-state index >= 15 is 0 Å². The van der Waals surface area contributed by atoms with Crippen LogP contribution in [0.2, 0.25) is 0 Å². The molecular weight excluding hydrogens is 395 g/mol. The Kier molecular flexibility index (Phi) is 5.25. The molecule has 1 saturated heterocycles. The molecule has 1 unspecified atom stereocenters. The number of halogens is 1. The summed E-state index contributed by atoms with van der Waals surface area (Å²) >= 11 is 1.74. The summed E-state index contributed by atoms with van der Waals surface area (Å²) in [7, 11) is 0. The van der Waals surface area contributed by atoms with E-state index < -0.39 is 0 Å². The minimum absolute atomic E-state index is 0.117. The summed E-state index contributed by atoms with van der Waals surface area (Å²) in [5.74, 6) is 0.699. The number of benzene rings is 2. The van der Waals surface area contributed by atoms with Crippen LogP contribution in [0.5, 0.6) is 0 Å². The summed E-state index contributed by atoms with van der Waals surface area (Å²) in [5.41, 5.74) is 4.86. The maximum absolute atomic E-state index is 13.3. The molecule has 0 amide bonds. The molecule has 3 atom stereocenters. The van der Waals surface area contributed by atoms with Crippen LogP contribution in [0.4, 0.5) is 4.39 Å². The second-order valence-corrected chi connectivity index (χ2v) is 9.45. The normalized spacial score (nSPS) is 22.5. The molecule has 154 valence electrons. The van der Waals surface area contributed by atoms with E-state index in [0.29, 0.717) is 11.8 Å². The van der Waals surface area contributed by atoms with Gasteiger partial charge in [-0.15, -0.1) is 11.8 Å². The number of fused-ring (bicyclic) bond motifs is 4. The molecule has 1 aromatic heterocycles.